The number of aromatic amines is 1. The lowest BCUT2D eigenvalue weighted by molar-refractivity contribution is -0.123. The molecule has 0 aromatic carbocycles. The van der Waals surface area contributed by atoms with Gasteiger partial charge in [0.2, 0.25) is 5.91 Å². The third kappa shape index (κ3) is 3.52. The van der Waals surface area contributed by atoms with Crippen LogP contribution in [0.5, 0.6) is 0 Å². The fourth-order valence-corrected chi connectivity index (χ4v) is 5.85. The molecule has 5 aliphatic rings. The van der Waals surface area contributed by atoms with Crippen LogP contribution in [0.15, 0.2) is 0 Å². The number of H-pyrrole nitrogens is 1. The number of nitrogens with zero attached hydrogens (tertiary/aromatic N) is 2. The second-order valence-corrected chi connectivity index (χ2v) is 9.72. The second-order valence-electron chi connectivity index (χ2n) is 9.72. The Morgan fingerprint density at radius 2 is 2.06 bits per heavy atom. The first kappa shape index (κ1) is 20.5. The zero-order chi connectivity index (χ0) is 21.8. The van der Waals surface area contributed by atoms with Gasteiger partial charge >= 0.3 is 0 Å². The lowest BCUT2D eigenvalue weighted by Crippen LogP contribution is -2.42. The summed E-state index contributed by atoms with van der Waals surface area (Å²) < 4.78 is 6.45. The summed E-state index contributed by atoms with van der Waals surface area (Å²) in [7, 11) is 0. The lowest BCUT2D eigenvalue weighted by Gasteiger charge is -2.29. The molecule has 1 aromatic heterocycles. The number of fused-ring (bicyclic) bond motifs is 1. The summed E-state index contributed by atoms with van der Waals surface area (Å²) >= 11 is 0. The van der Waals surface area contributed by atoms with Gasteiger partial charge in [-0.15, -0.1) is 0 Å². The van der Waals surface area contributed by atoms with Crippen molar-refractivity contribution in [2.75, 3.05) is 19.6 Å². The van der Waals surface area contributed by atoms with E-state index < -0.39 is 0 Å². The van der Waals surface area contributed by atoms with E-state index in [-0.39, 0.29) is 35.9 Å². The molecule has 31 heavy (non-hydrogen) atoms. The van der Waals surface area contributed by atoms with Crippen LogP contribution in [0.3, 0.4) is 0 Å². The molecule has 5 fully saturated rings. The molecule has 4 atom stereocenters. The summed E-state index contributed by atoms with van der Waals surface area (Å²) in [5.41, 5.74) is 2.41. The molecule has 2 bridgehead atoms. The van der Waals surface area contributed by atoms with E-state index in [1.165, 1.54) is 0 Å². The van der Waals surface area contributed by atoms with Crippen LogP contribution < -0.4 is 5.32 Å². The number of ether oxygens (including phenoxy) is 1. The fourth-order valence-electron chi connectivity index (χ4n) is 5.85. The van der Waals surface area contributed by atoms with Crippen LogP contribution in [-0.2, 0) is 14.3 Å². The number of rotatable bonds is 5. The summed E-state index contributed by atoms with van der Waals surface area (Å²) in [4.78, 5) is 35.9. The number of hydrogen-bond donors (Lipinski definition) is 3. The zero-order valence-electron chi connectivity index (χ0n) is 17.8. The van der Waals surface area contributed by atoms with E-state index in [4.69, 9.17) is 14.6 Å². The summed E-state index contributed by atoms with van der Waals surface area (Å²) in [5, 5.41) is 17.5. The van der Waals surface area contributed by atoms with Crippen molar-refractivity contribution in [2.24, 2.45) is 17.8 Å². The number of carbonyl (C=O) groups excluding carboxylic acids is 2. The van der Waals surface area contributed by atoms with Crippen LogP contribution >= 0.6 is 0 Å². The Morgan fingerprint density at radius 1 is 1.32 bits per heavy atom. The number of nitrogens with one attached hydrogen (secondary N) is 2. The largest absolute Gasteiger partial charge is 0.483 e. The predicted octanol–water partition coefficient (Wildman–Crippen LogP) is 1.44. The van der Waals surface area contributed by atoms with E-state index in [1.54, 1.807) is 0 Å². The standard InChI is InChI=1S/C21H28N4O3.CH2O2/c1-11-17(18(24-23-11)12-2-3-12)20(27)25-9-15-14(8-22-19(26)13-4-5-13)16-6-7-21(15,10-25)28-16;2-1-3/h12-16H,2-10H2,1H3,(H,22,26)(H,23,24);1H,(H,2,3)/t14-,15+,16+,21+;/m0./s1. The molecule has 4 heterocycles. The van der Waals surface area contributed by atoms with Gasteiger partial charge in [-0.2, -0.15) is 5.10 Å². The molecule has 168 valence electrons. The maximum atomic E-state index is 13.4. The van der Waals surface area contributed by atoms with Crippen LogP contribution in [0.1, 0.15) is 66.2 Å². The Morgan fingerprint density at radius 3 is 2.74 bits per heavy atom. The summed E-state index contributed by atoms with van der Waals surface area (Å²) in [6, 6.07) is 0. The second kappa shape index (κ2) is 7.62. The lowest BCUT2D eigenvalue weighted by atomic mass is 9.73. The van der Waals surface area contributed by atoms with Crippen molar-refractivity contribution in [3.63, 3.8) is 0 Å². The third-order valence-electron chi connectivity index (χ3n) is 7.68. The Kier molecular flexibility index (Phi) is 5.03. The molecule has 9 heteroatoms. The van der Waals surface area contributed by atoms with Crippen LogP contribution in [0.2, 0.25) is 0 Å². The molecule has 9 nitrogen and oxygen atoms in total. The summed E-state index contributed by atoms with van der Waals surface area (Å²) in [6.45, 7) is 3.79. The van der Waals surface area contributed by atoms with Crippen molar-refractivity contribution < 1.29 is 24.2 Å². The van der Waals surface area contributed by atoms with E-state index >= 15 is 0 Å². The Bertz CT molecular complexity index is 892. The van der Waals surface area contributed by atoms with Gasteiger partial charge in [-0.05, 0) is 45.4 Å². The average molecular weight is 431 g/mol. The molecule has 2 saturated carbocycles. The van der Waals surface area contributed by atoms with Gasteiger partial charge in [-0.25, -0.2) is 0 Å². The van der Waals surface area contributed by atoms with Crippen molar-refractivity contribution in [1.29, 1.82) is 0 Å². The molecule has 2 amide bonds. The predicted molar refractivity (Wildman–Crippen MR) is 109 cm³/mol. The highest BCUT2D eigenvalue weighted by Crippen LogP contribution is 2.55. The van der Waals surface area contributed by atoms with E-state index in [0.29, 0.717) is 30.8 Å². The van der Waals surface area contributed by atoms with E-state index in [0.717, 1.165) is 62.0 Å². The monoisotopic (exact) mass is 430 g/mol. The molecule has 2 aliphatic carbocycles. The number of aryl methyl sites for hydroxylation is 1. The van der Waals surface area contributed by atoms with Crippen molar-refractivity contribution in [3.05, 3.63) is 17.0 Å². The highest BCUT2D eigenvalue weighted by Gasteiger charge is 2.63. The van der Waals surface area contributed by atoms with Gasteiger partial charge in [0, 0.05) is 42.5 Å². The van der Waals surface area contributed by atoms with Crippen molar-refractivity contribution >= 4 is 18.3 Å². The molecular formula is C22H30N4O5. The molecule has 3 saturated heterocycles. The SMILES string of the molecule is Cc1[nH]nc(C2CC2)c1C(=O)N1C[C@@H]2[C@H](CNC(=O)C3CC3)[C@H]3CC[C@]2(C1)O3.O=CO. The minimum Gasteiger partial charge on any atom is -0.483 e. The van der Waals surface area contributed by atoms with Gasteiger partial charge in [0.05, 0.1) is 29.5 Å². The van der Waals surface area contributed by atoms with Gasteiger partial charge in [0.15, 0.2) is 0 Å². The molecule has 1 spiro atoms. The Balaban J connectivity index is 0.000000646. The van der Waals surface area contributed by atoms with Gasteiger partial charge < -0.3 is 20.1 Å². The molecule has 0 radical (unpaired) electrons. The first-order valence-corrected chi connectivity index (χ1v) is 11.3. The molecule has 3 aliphatic heterocycles. The number of amides is 2. The quantitative estimate of drug-likeness (QED) is 0.607. The number of aromatic nitrogens is 2. The first-order valence-electron chi connectivity index (χ1n) is 11.3. The highest BCUT2D eigenvalue weighted by atomic mass is 16.5. The van der Waals surface area contributed by atoms with Crippen LogP contribution in [0.4, 0.5) is 0 Å². The van der Waals surface area contributed by atoms with E-state index in [9.17, 15) is 9.59 Å². The van der Waals surface area contributed by atoms with Crippen LogP contribution in [0, 0.1) is 24.7 Å². The maximum Gasteiger partial charge on any atom is 0.290 e. The summed E-state index contributed by atoms with van der Waals surface area (Å²) in [6.07, 6.45) is 6.62. The summed E-state index contributed by atoms with van der Waals surface area (Å²) in [5.74, 6) is 1.63. The van der Waals surface area contributed by atoms with Gasteiger partial charge in [0.1, 0.15) is 0 Å². The minimum atomic E-state index is -0.250. The third-order valence-corrected chi connectivity index (χ3v) is 7.68. The fraction of sp³-hybridized carbons (Fsp3) is 0.727. The van der Waals surface area contributed by atoms with Crippen LogP contribution in [0.25, 0.3) is 0 Å². The van der Waals surface area contributed by atoms with Crippen molar-refractivity contribution in [2.45, 2.75) is 63.1 Å². The highest BCUT2D eigenvalue weighted by molar-refractivity contribution is 5.97. The smallest absolute Gasteiger partial charge is 0.290 e. The molecule has 6 rings (SSSR count). The maximum absolute atomic E-state index is 13.4. The average Bonchev–Trinajstić information content (AvgIpc) is 3.65. The molecule has 0 unspecified atom stereocenters. The van der Waals surface area contributed by atoms with Gasteiger partial charge in [-0.3, -0.25) is 19.5 Å². The molecule has 3 N–H and O–H groups in total. The van der Waals surface area contributed by atoms with Gasteiger partial charge in [0.25, 0.3) is 12.4 Å². The van der Waals surface area contributed by atoms with E-state index in [2.05, 4.69) is 15.5 Å². The normalized spacial score (nSPS) is 32.9. The topological polar surface area (TPSA) is 125 Å². The van der Waals surface area contributed by atoms with Crippen molar-refractivity contribution in [3.8, 4) is 0 Å². The minimum absolute atomic E-state index is 0.102. The number of carboxylic acid groups (broad SMARTS) is 1. The Hall–Kier alpha value is -2.42. The van der Waals surface area contributed by atoms with Gasteiger partial charge in [-0.1, -0.05) is 0 Å². The molecular weight excluding hydrogens is 400 g/mol. The number of carbonyl (C=O) groups is 3. The Labute approximate surface area is 180 Å². The first-order chi connectivity index (χ1) is 15.0. The number of hydrogen-bond acceptors (Lipinski definition) is 5. The number of likely N-dealkylation sites (tertiary alicyclic amines) is 1. The van der Waals surface area contributed by atoms with Crippen molar-refractivity contribution in [1.82, 2.24) is 20.4 Å². The van der Waals surface area contributed by atoms with Crippen LogP contribution in [-0.4, -0.2) is 69.8 Å². The molecule has 1 aromatic rings. The van der Waals surface area contributed by atoms with E-state index in [1.807, 2.05) is 11.8 Å². The zero-order valence-corrected chi connectivity index (χ0v) is 17.8.